The van der Waals surface area contributed by atoms with Gasteiger partial charge in [0.15, 0.2) is 0 Å². The maximum absolute atomic E-state index is 12.0. The molecule has 0 aliphatic heterocycles. The number of hydrogen-bond donors (Lipinski definition) is 3. The van der Waals surface area contributed by atoms with Crippen molar-refractivity contribution in [2.45, 2.75) is 6.42 Å². The van der Waals surface area contributed by atoms with Crippen LogP contribution < -0.4 is 5.73 Å². The summed E-state index contributed by atoms with van der Waals surface area (Å²) in [4.78, 5) is 13.4. The van der Waals surface area contributed by atoms with Crippen LogP contribution in [-0.4, -0.2) is 40.5 Å². The van der Waals surface area contributed by atoms with Gasteiger partial charge in [-0.05, 0) is 18.2 Å². The number of oxime groups is 1. The highest BCUT2D eigenvalue weighted by molar-refractivity contribution is 9.10. The van der Waals surface area contributed by atoms with Crippen molar-refractivity contribution in [1.29, 1.82) is 0 Å². The Morgan fingerprint density at radius 3 is 2.83 bits per heavy atom. The van der Waals surface area contributed by atoms with Gasteiger partial charge in [-0.25, -0.2) is 0 Å². The van der Waals surface area contributed by atoms with Crippen molar-refractivity contribution in [2.24, 2.45) is 10.9 Å². The van der Waals surface area contributed by atoms with E-state index >= 15 is 0 Å². The molecule has 18 heavy (non-hydrogen) atoms. The Hall–Kier alpha value is -1.76. The standard InChI is InChI=1S/C11H14BrN3O3/c1-15(5-4-10(13)14-18)11(17)8-6-7(12)2-3-9(8)16/h2-3,6,16,18H,4-5H2,1H3,(H2,13,14). The number of aromatic hydroxyl groups is 1. The highest BCUT2D eigenvalue weighted by Gasteiger charge is 2.16. The molecule has 0 heterocycles. The zero-order valence-corrected chi connectivity index (χ0v) is 11.4. The van der Waals surface area contributed by atoms with Crippen molar-refractivity contribution in [2.75, 3.05) is 13.6 Å². The lowest BCUT2D eigenvalue weighted by Crippen LogP contribution is -2.30. The van der Waals surface area contributed by atoms with Crippen LogP contribution in [0.2, 0.25) is 0 Å². The van der Waals surface area contributed by atoms with Gasteiger partial charge < -0.3 is 20.9 Å². The molecule has 4 N–H and O–H groups in total. The van der Waals surface area contributed by atoms with Gasteiger partial charge in [-0.2, -0.15) is 0 Å². The first-order chi connectivity index (χ1) is 8.45. The Labute approximate surface area is 113 Å². The molecular formula is C11H14BrN3O3. The van der Waals surface area contributed by atoms with E-state index in [2.05, 4.69) is 21.1 Å². The number of halogens is 1. The summed E-state index contributed by atoms with van der Waals surface area (Å²) in [5.41, 5.74) is 5.52. The summed E-state index contributed by atoms with van der Waals surface area (Å²) in [5.74, 6) is -0.369. The predicted molar refractivity (Wildman–Crippen MR) is 70.8 cm³/mol. The van der Waals surface area contributed by atoms with Crippen LogP contribution in [0.1, 0.15) is 16.8 Å². The second-order valence-electron chi connectivity index (χ2n) is 3.73. The SMILES string of the molecule is CN(CC/C(N)=N/O)C(=O)c1cc(Br)ccc1O. The molecule has 6 nitrogen and oxygen atoms in total. The van der Waals surface area contributed by atoms with E-state index in [0.717, 1.165) is 0 Å². The molecule has 1 aromatic carbocycles. The highest BCUT2D eigenvalue weighted by Crippen LogP contribution is 2.22. The second kappa shape index (κ2) is 6.25. The van der Waals surface area contributed by atoms with Crippen LogP contribution in [-0.2, 0) is 0 Å². The number of carbonyl (C=O) groups excluding carboxylic acids is 1. The van der Waals surface area contributed by atoms with Crippen molar-refractivity contribution < 1.29 is 15.1 Å². The predicted octanol–water partition coefficient (Wildman–Crippen LogP) is 1.36. The third kappa shape index (κ3) is 3.63. The largest absolute Gasteiger partial charge is 0.507 e. The summed E-state index contributed by atoms with van der Waals surface area (Å²) in [6.07, 6.45) is 0.257. The van der Waals surface area contributed by atoms with E-state index in [9.17, 15) is 9.90 Å². The Bertz CT molecular complexity index is 477. The zero-order chi connectivity index (χ0) is 13.7. The number of benzene rings is 1. The molecule has 1 aromatic rings. The summed E-state index contributed by atoms with van der Waals surface area (Å²) in [7, 11) is 1.58. The number of phenols is 1. The van der Waals surface area contributed by atoms with Gasteiger partial charge in [-0.3, -0.25) is 4.79 Å². The molecule has 0 atom stereocenters. The average Bonchev–Trinajstić information content (AvgIpc) is 2.37. The number of amidine groups is 1. The first-order valence-electron chi connectivity index (χ1n) is 5.16. The highest BCUT2D eigenvalue weighted by atomic mass is 79.9. The van der Waals surface area contributed by atoms with Crippen LogP contribution in [0.4, 0.5) is 0 Å². The number of amides is 1. The Balaban J connectivity index is 2.77. The Morgan fingerprint density at radius 1 is 1.56 bits per heavy atom. The summed E-state index contributed by atoms with van der Waals surface area (Å²) in [6.45, 7) is 0.292. The zero-order valence-electron chi connectivity index (χ0n) is 9.80. The molecule has 0 aromatic heterocycles. The fraction of sp³-hybridized carbons (Fsp3) is 0.273. The molecule has 98 valence electrons. The molecule has 0 bridgehead atoms. The average molecular weight is 316 g/mol. The summed E-state index contributed by atoms with van der Waals surface area (Å²) >= 11 is 3.23. The number of nitrogens with zero attached hydrogens (tertiary/aromatic N) is 2. The molecule has 1 rings (SSSR count). The van der Waals surface area contributed by atoms with Crippen molar-refractivity contribution in [3.63, 3.8) is 0 Å². The quantitative estimate of drug-likeness (QED) is 0.338. The fourth-order valence-electron chi connectivity index (χ4n) is 1.32. The van der Waals surface area contributed by atoms with Gasteiger partial charge in [0.25, 0.3) is 5.91 Å². The van der Waals surface area contributed by atoms with Crippen LogP contribution in [0, 0.1) is 0 Å². The van der Waals surface area contributed by atoms with Gasteiger partial charge in [-0.15, -0.1) is 0 Å². The first-order valence-corrected chi connectivity index (χ1v) is 5.95. The molecule has 0 spiro atoms. The van der Waals surface area contributed by atoms with E-state index in [4.69, 9.17) is 10.9 Å². The molecule has 0 aliphatic carbocycles. The van der Waals surface area contributed by atoms with E-state index in [0.29, 0.717) is 11.0 Å². The van der Waals surface area contributed by atoms with Crippen molar-refractivity contribution in [3.05, 3.63) is 28.2 Å². The lowest BCUT2D eigenvalue weighted by atomic mass is 10.1. The number of phenolic OH excluding ortho intramolecular Hbond substituents is 1. The minimum Gasteiger partial charge on any atom is -0.507 e. The molecule has 0 fully saturated rings. The minimum atomic E-state index is -0.334. The number of hydrogen-bond acceptors (Lipinski definition) is 4. The van der Waals surface area contributed by atoms with Gasteiger partial charge in [0.1, 0.15) is 11.6 Å². The Kier molecular flexibility index (Phi) is 4.96. The molecular weight excluding hydrogens is 302 g/mol. The minimum absolute atomic E-state index is 0.0492. The van der Waals surface area contributed by atoms with Gasteiger partial charge in [0.05, 0.1) is 5.56 Å². The normalized spacial score (nSPS) is 11.3. The van der Waals surface area contributed by atoms with E-state index in [-0.39, 0.29) is 29.5 Å². The molecule has 0 unspecified atom stereocenters. The number of rotatable bonds is 4. The van der Waals surface area contributed by atoms with Crippen LogP contribution in [0.25, 0.3) is 0 Å². The molecule has 0 radical (unpaired) electrons. The van der Waals surface area contributed by atoms with Gasteiger partial charge >= 0.3 is 0 Å². The van der Waals surface area contributed by atoms with E-state index in [1.54, 1.807) is 13.1 Å². The number of nitrogens with two attached hydrogens (primary N) is 1. The van der Waals surface area contributed by atoms with E-state index < -0.39 is 0 Å². The molecule has 0 saturated carbocycles. The lowest BCUT2D eigenvalue weighted by molar-refractivity contribution is 0.0795. The van der Waals surface area contributed by atoms with Crippen LogP contribution in [0.15, 0.2) is 27.8 Å². The van der Waals surface area contributed by atoms with Gasteiger partial charge in [0.2, 0.25) is 0 Å². The monoisotopic (exact) mass is 315 g/mol. The van der Waals surface area contributed by atoms with E-state index in [1.807, 2.05) is 0 Å². The van der Waals surface area contributed by atoms with Gasteiger partial charge in [0, 0.05) is 24.5 Å². The topological polar surface area (TPSA) is 99.1 Å². The van der Waals surface area contributed by atoms with Crippen LogP contribution in [0.3, 0.4) is 0 Å². The maximum atomic E-state index is 12.0. The van der Waals surface area contributed by atoms with E-state index in [1.165, 1.54) is 17.0 Å². The smallest absolute Gasteiger partial charge is 0.257 e. The van der Waals surface area contributed by atoms with Crippen molar-refractivity contribution in [3.8, 4) is 5.75 Å². The van der Waals surface area contributed by atoms with Gasteiger partial charge in [-0.1, -0.05) is 21.1 Å². The third-order valence-electron chi connectivity index (χ3n) is 2.37. The molecule has 0 saturated heterocycles. The van der Waals surface area contributed by atoms with Crippen molar-refractivity contribution in [1.82, 2.24) is 4.90 Å². The maximum Gasteiger partial charge on any atom is 0.257 e. The molecule has 7 heteroatoms. The summed E-state index contributed by atoms with van der Waals surface area (Å²) in [6, 6.07) is 4.62. The molecule has 0 aliphatic rings. The lowest BCUT2D eigenvalue weighted by Gasteiger charge is -2.17. The van der Waals surface area contributed by atoms with Crippen molar-refractivity contribution >= 4 is 27.7 Å². The summed E-state index contributed by atoms with van der Waals surface area (Å²) in [5, 5.41) is 20.8. The Morgan fingerprint density at radius 2 is 2.22 bits per heavy atom. The number of carbonyl (C=O) groups is 1. The second-order valence-corrected chi connectivity index (χ2v) is 4.65. The first kappa shape index (κ1) is 14.3. The summed E-state index contributed by atoms with van der Waals surface area (Å²) < 4.78 is 0.702. The van der Waals surface area contributed by atoms with Crippen LogP contribution >= 0.6 is 15.9 Å². The molecule has 1 amide bonds. The fourth-order valence-corrected chi connectivity index (χ4v) is 1.68. The van der Waals surface area contributed by atoms with Crippen LogP contribution in [0.5, 0.6) is 5.75 Å². The third-order valence-corrected chi connectivity index (χ3v) is 2.86.